The molecule has 0 aliphatic carbocycles. The summed E-state index contributed by atoms with van der Waals surface area (Å²) in [6.45, 7) is 1.73. The van der Waals surface area contributed by atoms with Crippen molar-refractivity contribution in [2.75, 3.05) is 0 Å². The maximum Gasteiger partial charge on any atom is 0.121 e. The van der Waals surface area contributed by atoms with Crippen LogP contribution >= 0.6 is 34.8 Å². The zero-order valence-electron chi connectivity index (χ0n) is 7.31. The van der Waals surface area contributed by atoms with Gasteiger partial charge in [-0.1, -0.05) is 46.9 Å². The van der Waals surface area contributed by atoms with Crippen LogP contribution in [-0.2, 0) is 0 Å². The third-order valence-electron chi connectivity index (χ3n) is 1.78. The normalized spacial score (nSPS) is 11.9. The maximum absolute atomic E-state index is 8.61. The lowest BCUT2D eigenvalue weighted by Gasteiger charge is -2.05. The zero-order valence-corrected chi connectivity index (χ0v) is 9.58. The Morgan fingerprint density at radius 1 is 1.36 bits per heavy atom. The Kier molecular flexibility index (Phi) is 3.83. The van der Waals surface area contributed by atoms with E-state index in [0.717, 1.165) is 0 Å². The van der Waals surface area contributed by atoms with Crippen LogP contribution in [0.2, 0.25) is 10.0 Å². The minimum absolute atomic E-state index is 0.120. The molecule has 1 aromatic rings. The van der Waals surface area contributed by atoms with Crippen molar-refractivity contribution in [2.24, 2.45) is 0 Å². The van der Waals surface area contributed by atoms with Crippen molar-refractivity contribution in [1.82, 2.24) is 0 Å². The number of nitriles is 1. The Morgan fingerprint density at radius 3 is 2.57 bits per heavy atom. The fourth-order valence-corrected chi connectivity index (χ4v) is 1.54. The summed E-state index contributed by atoms with van der Waals surface area (Å²) in [5, 5.41) is 9.60. The van der Waals surface area contributed by atoms with E-state index >= 15 is 0 Å². The molecule has 0 saturated heterocycles. The lowest BCUT2D eigenvalue weighted by Crippen LogP contribution is -1.84. The number of hydrogen-bond acceptors (Lipinski definition) is 1. The maximum atomic E-state index is 8.61. The van der Waals surface area contributed by atoms with Gasteiger partial charge in [-0.05, 0) is 24.1 Å². The van der Waals surface area contributed by atoms with Crippen molar-refractivity contribution in [3.05, 3.63) is 38.8 Å². The molecular formula is C10H6Cl3N. The van der Waals surface area contributed by atoms with Crippen molar-refractivity contribution in [1.29, 1.82) is 5.26 Å². The highest BCUT2D eigenvalue weighted by Crippen LogP contribution is 2.32. The largest absolute Gasteiger partial charge is 0.191 e. The lowest BCUT2D eigenvalue weighted by atomic mass is 10.1. The van der Waals surface area contributed by atoms with Crippen LogP contribution in [-0.4, -0.2) is 0 Å². The molecule has 0 heterocycles. The highest BCUT2D eigenvalue weighted by atomic mass is 35.5. The van der Waals surface area contributed by atoms with Crippen LogP contribution in [0.4, 0.5) is 0 Å². The Labute approximate surface area is 97.5 Å². The SMILES string of the molecule is CC(=C(Cl)C#N)c1cccc(Cl)c1Cl. The summed E-state index contributed by atoms with van der Waals surface area (Å²) < 4.78 is 0. The second-order valence-electron chi connectivity index (χ2n) is 2.65. The quantitative estimate of drug-likeness (QED) is 0.670. The van der Waals surface area contributed by atoms with Gasteiger partial charge < -0.3 is 0 Å². The van der Waals surface area contributed by atoms with E-state index in [1.165, 1.54) is 0 Å². The van der Waals surface area contributed by atoms with Gasteiger partial charge in [0.05, 0.1) is 10.0 Å². The minimum Gasteiger partial charge on any atom is -0.191 e. The highest BCUT2D eigenvalue weighted by molar-refractivity contribution is 6.43. The van der Waals surface area contributed by atoms with Gasteiger partial charge in [-0.3, -0.25) is 0 Å². The molecule has 0 fully saturated rings. The van der Waals surface area contributed by atoms with E-state index in [4.69, 9.17) is 40.1 Å². The van der Waals surface area contributed by atoms with Gasteiger partial charge in [0.25, 0.3) is 0 Å². The molecule has 14 heavy (non-hydrogen) atoms. The van der Waals surface area contributed by atoms with Gasteiger partial charge in [-0.2, -0.15) is 5.26 Å². The van der Waals surface area contributed by atoms with Gasteiger partial charge in [0.15, 0.2) is 0 Å². The first-order valence-corrected chi connectivity index (χ1v) is 4.92. The molecule has 0 aliphatic heterocycles. The molecule has 1 aromatic carbocycles. The fourth-order valence-electron chi connectivity index (χ4n) is 0.996. The molecule has 0 atom stereocenters. The van der Waals surface area contributed by atoms with E-state index in [2.05, 4.69) is 0 Å². The first-order chi connectivity index (χ1) is 6.57. The van der Waals surface area contributed by atoms with Gasteiger partial charge in [0, 0.05) is 0 Å². The first kappa shape index (κ1) is 11.4. The predicted molar refractivity (Wildman–Crippen MR) is 60.5 cm³/mol. The topological polar surface area (TPSA) is 23.8 Å². The van der Waals surface area contributed by atoms with Crippen LogP contribution in [0.1, 0.15) is 12.5 Å². The molecule has 4 heteroatoms. The van der Waals surface area contributed by atoms with E-state index in [-0.39, 0.29) is 5.03 Å². The zero-order chi connectivity index (χ0) is 10.7. The van der Waals surface area contributed by atoms with E-state index in [0.29, 0.717) is 21.2 Å². The third kappa shape index (κ3) is 2.22. The number of halogens is 3. The Morgan fingerprint density at radius 2 is 2.00 bits per heavy atom. The average Bonchev–Trinajstić information content (AvgIpc) is 2.20. The number of benzene rings is 1. The van der Waals surface area contributed by atoms with Crippen molar-refractivity contribution in [2.45, 2.75) is 6.92 Å². The van der Waals surface area contributed by atoms with Gasteiger partial charge >= 0.3 is 0 Å². The molecule has 0 unspecified atom stereocenters. The smallest absolute Gasteiger partial charge is 0.121 e. The van der Waals surface area contributed by atoms with Gasteiger partial charge in [-0.25, -0.2) is 0 Å². The van der Waals surface area contributed by atoms with Gasteiger partial charge in [-0.15, -0.1) is 0 Å². The summed E-state index contributed by atoms with van der Waals surface area (Å²) >= 11 is 17.5. The summed E-state index contributed by atoms with van der Waals surface area (Å²) in [7, 11) is 0. The van der Waals surface area contributed by atoms with E-state index in [1.807, 2.05) is 6.07 Å². The van der Waals surface area contributed by atoms with E-state index < -0.39 is 0 Å². The van der Waals surface area contributed by atoms with Crippen LogP contribution in [0.25, 0.3) is 5.57 Å². The molecular weight excluding hydrogens is 240 g/mol. The van der Waals surface area contributed by atoms with E-state index in [1.54, 1.807) is 25.1 Å². The highest BCUT2D eigenvalue weighted by Gasteiger charge is 2.08. The third-order valence-corrected chi connectivity index (χ3v) is 2.97. The standard InChI is InChI=1S/C10H6Cl3N/c1-6(9(12)5-14)7-3-2-4-8(11)10(7)13/h2-4H,1H3. The van der Waals surface area contributed by atoms with Gasteiger partial charge in [0.2, 0.25) is 0 Å². The molecule has 1 rings (SSSR count). The fraction of sp³-hybridized carbons (Fsp3) is 0.100. The molecule has 0 spiro atoms. The van der Waals surface area contributed by atoms with Gasteiger partial charge in [0.1, 0.15) is 11.1 Å². The summed E-state index contributed by atoms with van der Waals surface area (Å²) in [6.07, 6.45) is 0. The van der Waals surface area contributed by atoms with Crippen molar-refractivity contribution < 1.29 is 0 Å². The van der Waals surface area contributed by atoms with Crippen LogP contribution in [0.3, 0.4) is 0 Å². The average molecular weight is 247 g/mol. The predicted octanol–water partition coefficient (Wildman–Crippen LogP) is 4.49. The molecule has 0 aromatic heterocycles. The number of hydrogen-bond donors (Lipinski definition) is 0. The molecule has 0 aliphatic rings. The Bertz CT molecular complexity index is 429. The second kappa shape index (κ2) is 4.70. The van der Waals surface area contributed by atoms with Crippen LogP contribution in [0.15, 0.2) is 23.2 Å². The molecule has 0 N–H and O–H groups in total. The van der Waals surface area contributed by atoms with Crippen molar-refractivity contribution in [3.63, 3.8) is 0 Å². The van der Waals surface area contributed by atoms with Crippen molar-refractivity contribution >= 4 is 40.4 Å². The summed E-state index contributed by atoms with van der Waals surface area (Å²) in [5.41, 5.74) is 1.31. The first-order valence-electron chi connectivity index (χ1n) is 3.78. The van der Waals surface area contributed by atoms with Crippen LogP contribution in [0.5, 0.6) is 0 Å². The Balaban J connectivity index is 3.36. The van der Waals surface area contributed by atoms with Crippen LogP contribution in [0, 0.1) is 11.3 Å². The van der Waals surface area contributed by atoms with Crippen molar-refractivity contribution in [3.8, 4) is 6.07 Å². The number of rotatable bonds is 1. The second-order valence-corrected chi connectivity index (χ2v) is 3.82. The summed E-state index contributed by atoms with van der Waals surface area (Å²) in [5.74, 6) is 0. The Hall–Kier alpha value is -0.680. The molecule has 72 valence electrons. The minimum atomic E-state index is 0.120. The molecule has 0 bridgehead atoms. The monoisotopic (exact) mass is 245 g/mol. The number of nitrogens with zero attached hydrogens (tertiary/aromatic N) is 1. The number of allylic oxidation sites excluding steroid dienone is 2. The summed E-state index contributed by atoms with van der Waals surface area (Å²) in [6, 6.07) is 7.06. The molecule has 1 nitrogen and oxygen atoms in total. The molecule has 0 amide bonds. The van der Waals surface area contributed by atoms with Crippen LogP contribution < -0.4 is 0 Å². The van der Waals surface area contributed by atoms with E-state index in [9.17, 15) is 0 Å². The summed E-state index contributed by atoms with van der Waals surface area (Å²) in [4.78, 5) is 0. The molecule has 0 saturated carbocycles. The molecule has 0 radical (unpaired) electrons. The lowest BCUT2D eigenvalue weighted by molar-refractivity contribution is 1.50.